The van der Waals surface area contributed by atoms with Crippen molar-refractivity contribution in [3.8, 4) is 11.5 Å². The van der Waals surface area contributed by atoms with E-state index in [1.807, 2.05) is 39.1 Å². The van der Waals surface area contributed by atoms with Crippen LogP contribution in [0.2, 0.25) is 0 Å². The van der Waals surface area contributed by atoms with Gasteiger partial charge in [0.1, 0.15) is 11.5 Å². The number of pyridine rings is 1. The van der Waals surface area contributed by atoms with E-state index in [1.54, 1.807) is 17.1 Å². The number of nitrogens with one attached hydrogen (secondary N) is 1. The predicted molar refractivity (Wildman–Crippen MR) is 103 cm³/mol. The maximum absolute atomic E-state index is 9.87. The van der Waals surface area contributed by atoms with E-state index in [-0.39, 0.29) is 6.04 Å². The quantitative estimate of drug-likeness (QED) is 0.677. The van der Waals surface area contributed by atoms with Crippen LogP contribution in [-0.2, 0) is 7.05 Å². The van der Waals surface area contributed by atoms with Crippen molar-refractivity contribution in [1.82, 2.24) is 24.7 Å². The molecule has 0 saturated heterocycles. The summed E-state index contributed by atoms with van der Waals surface area (Å²) in [6, 6.07) is 5.91. The predicted octanol–water partition coefficient (Wildman–Crippen LogP) is 3.17. The number of fused-ring (bicyclic) bond motifs is 1. The molecular formula is C19H26N6O. The van der Waals surface area contributed by atoms with Crippen molar-refractivity contribution in [2.75, 3.05) is 5.32 Å². The van der Waals surface area contributed by atoms with E-state index >= 15 is 0 Å². The summed E-state index contributed by atoms with van der Waals surface area (Å²) in [6.45, 7) is 5.80. The molecule has 2 N–H and O–H groups in total. The second kappa shape index (κ2) is 7.37. The Bertz CT molecular complexity index is 869. The largest absolute Gasteiger partial charge is 0.390 e. The van der Waals surface area contributed by atoms with E-state index in [0.717, 1.165) is 41.8 Å². The van der Waals surface area contributed by atoms with Crippen LogP contribution in [0.25, 0.3) is 22.6 Å². The second-order valence-corrected chi connectivity index (χ2v) is 7.37. The molecule has 0 aliphatic rings. The molecule has 1 atom stereocenters. The molecule has 0 aliphatic carbocycles. The minimum atomic E-state index is -0.628. The van der Waals surface area contributed by atoms with Gasteiger partial charge in [-0.15, -0.1) is 0 Å². The number of rotatable bonds is 7. The van der Waals surface area contributed by atoms with Crippen molar-refractivity contribution in [2.24, 2.45) is 7.05 Å². The number of aromatic nitrogens is 5. The summed E-state index contributed by atoms with van der Waals surface area (Å²) in [5.74, 6) is 1.34. The summed E-state index contributed by atoms with van der Waals surface area (Å²) >= 11 is 0. The molecule has 0 saturated carbocycles. The molecule has 7 heteroatoms. The lowest BCUT2D eigenvalue weighted by atomic mass is 10.00. The molecule has 3 rings (SSSR count). The number of aryl methyl sites for hydroxylation is 1. The Balaban J connectivity index is 1.85. The van der Waals surface area contributed by atoms with Crippen molar-refractivity contribution < 1.29 is 5.11 Å². The lowest BCUT2D eigenvalue weighted by Crippen LogP contribution is -2.21. The minimum Gasteiger partial charge on any atom is -0.390 e. The maximum Gasteiger partial charge on any atom is 0.182 e. The summed E-state index contributed by atoms with van der Waals surface area (Å²) in [5.41, 5.74) is 0.873. The lowest BCUT2D eigenvalue weighted by Gasteiger charge is -2.19. The molecule has 3 aromatic heterocycles. The highest BCUT2D eigenvalue weighted by Crippen LogP contribution is 2.25. The minimum absolute atomic E-state index is 0.215. The van der Waals surface area contributed by atoms with Gasteiger partial charge in [0, 0.05) is 19.3 Å². The van der Waals surface area contributed by atoms with Gasteiger partial charge < -0.3 is 10.4 Å². The fraction of sp³-hybridized carbons (Fsp3) is 0.474. The summed E-state index contributed by atoms with van der Waals surface area (Å²) < 4.78 is 1.74. The van der Waals surface area contributed by atoms with Crippen LogP contribution in [0.3, 0.4) is 0 Å². The maximum atomic E-state index is 9.87. The zero-order chi connectivity index (χ0) is 18.7. The highest BCUT2D eigenvalue weighted by Gasteiger charge is 2.16. The van der Waals surface area contributed by atoms with Crippen LogP contribution in [0.4, 0.5) is 5.82 Å². The molecule has 0 radical (unpaired) electrons. The molecule has 0 aliphatic heterocycles. The Morgan fingerprint density at radius 1 is 1.27 bits per heavy atom. The Hall–Kier alpha value is -2.54. The molecular weight excluding hydrogens is 328 g/mol. The molecule has 7 nitrogen and oxygen atoms in total. The molecule has 26 heavy (non-hydrogen) atoms. The molecule has 0 aromatic carbocycles. The fourth-order valence-electron chi connectivity index (χ4n) is 2.89. The Kier molecular flexibility index (Phi) is 5.18. The van der Waals surface area contributed by atoms with Crippen LogP contribution in [0.5, 0.6) is 0 Å². The van der Waals surface area contributed by atoms with Crippen LogP contribution >= 0.6 is 0 Å². The van der Waals surface area contributed by atoms with E-state index in [0.29, 0.717) is 5.82 Å². The molecule has 0 spiro atoms. The Morgan fingerprint density at radius 2 is 2.08 bits per heavy atom. The molecule has 138 valence electrons. The zero-order valence-corrected chi connectivity index (χ0v) is 15.8. The van der Waals surface area contributed by atoms with Gasteiger partial charge in [-0.1, -0.05) is 6.07 Å². The molecule has 3 heterocycles. The Labute approximate surface area is 153 Å². The summed E-state index contributed by atoms with van der Waals surface area (Å²) in [4.78, 5) is 13.7. The van der Waals surface area contributed by atoms with Gasteiger partial charge in [0.05, 0.1) is 17.2 Å². The van der Waals surface area contributed by atoms with Crippen molar-refractivity contribution in [1.29, 1.82) is 0 Å². The average molecular weight is 354 g/mol. The smallest absolute Gasteiger partial charge is 0.182 e. The number of hydrogen-bond donors (Lipinski definition) is 2. The first-order valence-electron chi connectivity index (χ1n) is 8.93. The van der Waals surface area contributed by atoms with Crippen molar-refractivity contribution in [3.05, 3.63) is 30.6 Å². The third kappa shape index (κ3) is 4.35. The average Bonchev–Trinajstić information content (AvgIpc) is 2.96. The van der Waals surface area contributed by atoms with Gasteiger partial charge in [-0.25, -0.2) is 9.97 Å². The van der Waals surface area contributed by atoms with E-state index in [1.165, 1.54) is 0 Å². The van der Waals surface area contributed by atoms with Crippen LogP contribution in [0.15, 0.2) is 30.6 Å². The monoisotopic (exact) mass is 354 g/mol. The normalized spacial score (nSPS) is 13.1. The van der Waals surface area contributed by atoms with Gasteiger partial charge in [0.15, 0.2) is 11.5 Å². The fourth-order valence-corrected chi connectivity index (χ4v) is 2.89. The Morgan fingerprint density at radius 3 is 2.77 bits per heavy atom. The first-order valence-corrected chi connectivity index (χ1v) is 8.93. The van der Waals surface area contributed by atoms with E-state index < -0.39 is 5.60 Å². The third-order valence-electron chi connectivity index (χ3n) is 4.29. The highest BCUT2D eigenvalue weighted by atomic mass is 16.3. The first-order chi connectivity index (χ1) is 12.3. The molecule has 0 unspecified atom stereocenters. The van der Waals surface area contributed by atoms with Crippen molar-refractivity contribution in [3.63, 3.8) is 0 Å². The van der Waals surface area contributed by atoms with Crippen molar-refractivity contribution >= 4 is 16.9 Å². The van der Waals surface area contributed by atoms with Crippen molar-refractivity contribution in [2.45, 2.75) is 51.7 Å². The third-order valence-corrected chi connectivity index (χ3v) is 4.29. The first kappa shape index (κ1) is 18.3. The number of nitrogens with zero attached hydrogens (tertiary/aromatic N) is 5. The van der Waals surface area contributed by atoms with Crippen LogP contribution < -0.4 is 5.32 Å². The topological polar surface area (TPSA) is 88.8 Å². The second-order valence-electron chi connectivity index (χ2n) is 7.37. The number of anilines is 1. The van der Waals surface area contributed by atoms with Gasteiger partial charge >= 0.3 is 0 Å². The highest BCUT2D eigenvalue weighted by molar-refractivity contribution is 5.88. The standard InChI is InChI=1S/C19H26N6O/c1-13(8-7-10-19(2,3)26)22-16-14-12-21-25(4)18(14)24-17(23-16)15-9-5-6-11-20-15/h5-6,9,11-13,26H,7-8,10H2,1-4H3,(H,22,23,24)/t13-/m0/s1. The number of hydrogen-bond acceptors (Lipinski definition) is 6. The molecule has 0 fully saturated rings. The summed E-state index contributed by atoms with van der Waals surface area (Å²) in [6.07, 6.45) is 6.16. The van der Waals surface area contributed by atoms with Gasteiger partial charge in [-0.3, -0.25) is 9.67 Å². The molecule has 3 aromatic rings. The van der Waals surface area contributed by atoms with Crippen LogP contribution in [-0.4, -0.2) is 41.5 Å². The van der Waals surface area contributed by atoms with E-state index in [4.69, 9.17) is 4.98 Å². The number of aliphatic hydroxyl groups is 1. The lowest BCUT2D eigenvalue weighted by molar-refractivity contribution is 0.0680. The zero-order valence-electron chi connectivity index (χ0n) is 15.8. The van der Waals surface area contributed by atoms with Gasteiger partial charge in [-0.2, -0.15) is 5.10 Å². The van der Waals surface area contributed by atoms with Crippen LogP contribution in [0, 0.1) is 0 Å². The van der Waals surface area contributed by atoms with Gasteiger partial charge in [0.2, 0.25) is 0 Å². The van der Waals surface area contributed by atoms with Gasteiger partial charge in [-0.05, 0) is 52.2 Å². The van der Waals surface area contributed by atoms with Gasteiger partial charge in [0.25, 0.3) is 0 Å². The molecule has 0 amide bonds. The SMILES string of the molecule is C[C@@H](CCCC(C)(C)O)Nc1nc(-c2ccccn2)nc2c1cnn2C. The summed E-state index contributed by atoms with van der Waals surface area (Å²) in [7, 11) is 1.87. The van der Waals surface area contributed by atoms with Crippen LogP contribution in [0.1, 0.15) is 40.0 Å². The van der Waals surface area contributed by atoms with E-state index in [9.17, 15) is 5.11 Å². The summed E-state index contributed by atoms with van der Waals surface area (Å²) in [5, 5.41) is 18.6. The molecule has 0 bridgehead atoms. The van der Waals surface area contributed by atoms with E-state index in [2.05, 4.69) is 27.3 Å².